The van der Waals surface area contributed by atoms with Gasteiger partial charge in [0.2, 0.25) is 0 Å². The Morgan fingerprint density at radius 1 is 1.42 bits per heavy atom. The van der Waals surface area contributed by atoms with E-state index in [2.05, 4.69) is 24.0 Å². The molecule has 0 aromatic heterocycles. The molecule has 0 spiro atoms. The minimum Gasteiger partial charge on any atom is -0.313 e. The van der Waals surface area contributed by atoms with Crippen LogP contribution in [0.25, 0.3) is 0 Å². The van der Waals surface area contributed by atoms with E-state index >= 15 is 0 Å². The summed E-state index contributed by atoms with van der Waals surface area (Å²) in [6, 6.07) is 0.864. The Kier molecular flexibility index (Phi) is 2.66. The van der Waals surface area contributed by atoms with Crippen molar-refractivity contribution in [1.82, 2.24) is 5.32 Å². The van der Waals surface area contributed by atoms with Gasteiger partial charge in [0.15, 0.2) is 0 Å². The fourth-order valence-electron chi connectivity index (χ4n) is 1.95. The highest BCUT2D eigenvalue weighted by atomic mass is 32.2. The van der Waals surface area contributed by atoms with Gasteiger partial charge in [-0.25, -0.2) is 0 Å². The molecule has 12 heavy (non-hydrogen) atoms. The summed E-state index contributed by atoms with van der Waals surface area (Å²) in [5.41, 5.74) is 0. The van der Waals surface area contributed by atoms with Gasteiger partial charge in [-0.2, -0.15) is 11.8 Å². The van der Waals surface area contributed by atoms with Crippen molar-refractivity contribution in [2.75, 3.05) is 12.3 Å². The molecule has 1 nitrogen and oxygen atoms in total. The second kappa shape index (κ2) is 3.59. The number of hydrogen-bond donors (Lipinski definition) is 1. The van der Waals surface area contributed by atoms with Gasteiger partial charge in [-0.1, -0.05) is 6.42 Å². The highest BCUT2D eigenvalue weighted by Gasteiger charge is 2.30. The van der Waals surface area contributed by atoms with Gasteiger partial charge >= 0.3 is 0 Å². The molecule has 0 aromatic carbocycles. The van der Waals surface area contributed by atoms with Crippen molar-refractivity contribution in [2.24, 2.45) is 0 Å². The summed E-state index contributed by atoms with van der Waals surface area (Å²) in [6.07, 6.45) is 7.12. The summed E-state index contributed by atoms with van der Waals surface area (Å²) in [7, 11) is 0. The maximum absolute atomic E-state index is 3.68. The van der Waals surface area contributed by atoms with E-state index in [1.54, 1.807) is 0 Å². The molecule has 2 fully saturated rings. The summed E-state index contributed by atoms with van der Waals surface area (Å²) < 4.78 is 0.565. The molecule has 0 radical (unpaired) electrons. The van der Waals surface area contributed by atoms with Crippen LogP contribution in [0.5, 0.6) is 0 Å². The summed E-state index contributed by atoms with van der Waals surface area (Å²) >= 11 is 2.16. The third kappa shape index (κ3) is 1.97. The van der Waals surface area contributed by atoms with E-state index in [0.717, 1.165) is 6.04 Å². The molecule has 0 bridgehead atoms. The Bertz CT molecular complexity index is 148. The summed E-state index contributed by atoms with van der Waals surface area (Å²) in [5.74, 6) is 1.38. The molecule has 0 aromatic rings. The van der Waals surface area contributed by atoms with Crippen molar-refractivity contribution in [1.29, 1.82) is 0 Å². The Hall–Kier alpha value is 0.310. The molecule has 1 N–H and O–H groups in total. The predicted molar refractivity (Wildman–Crippen MR) is 55.7 cm³/mol. The van der Waals surface area contributed by atoms with Crippen LogP contribution in [0.3, 0.4) is 0 Å². The summed E-state index contributed by atoms with van der Waals surface area (Å²) in [4.78, 5) is 0. The topological polar surface area (TPSA) is 12.0 Å². The lowest BCUT2D eigenvalue weighted by molar-refractivity contribution is 0.327. The zero-order valence-electron chi connectivity index (χ0n) is 7.94. The zero-order chi connectivity index (χ0) is 8.44. The lowest BCUT2D eigenvalue weighted by atomic mass is 9.92. The van der Waals surface area contributed by atoms with Gasteiger partial charge in [0.05, 0.1) is 0 Å². The Morgan fingerprint density at radius 2 is 2.25 bits per heavy atom. The molecule has 1 aliphatic heterocycles. The van der Waals surface area contributed by atoms with Crippen LogP contribution in [-0.4, -0.2) is 23.1 Å². The molecule has 1 saturated heterocycles. The van der Waals surface area contributed by atoms with E-state index in [1.807, 2.05) is 0 Å². The van der Waals surface area contributed by atoms with E-state index < -0.39 is 0 Å². The second-order valence-corrected chi connectivity index (χ2v) is 6.09. The fraction of sp³-hybridized carbons (Fsp3) is 1.00. The minimum absolute atomic E-state index is 0.565. The molecule has 2 aliphatic rings. The quantitative estimate of drug-likeness (QED) is 0.724. The van der Waals surface area contributed by atoms with Crippen LogP contribution in [-0.2, 0) is 0 Å². The van der Waals surface area contributed by atoms with Crippen molar-refractivity contribution in [3.63, 3.8) is 0 Å². The average Bonchev–Trinajstić information content (AvgIpc) is 2.33. The normalized spacial score (nSPS) is 36.8. The molecule has 70 valence electrons. The first-order valence-corrected chi connectivity index (χ1v) is 6.14. The molecule has 1 heterocycles. The van der Waals surface area contributed by atoms with Crippen LogP contribution >= 0.6 is 11.8 Å². The van der Waals surface area contributed by atoms with Gasteiger partial charge in [-0.3, -0.25) is 0 Å². The van der Waals surface area contributed by atoms with Gasteiger partial charge in [0.25, 0.3) is 0 Å². The van der Waals surface area contributed by atoms with Gasteiger partial charge in [-0.15, -0.1) is 0 Å². The smallest absolute Gasteiger partial charge is 0.0256 e. The molecular weight excluding hydrogens is 166 g/mol. The van der Waals surface area contributed by atoms with E-state index in [-0.39, 0.29) is 0 Å². The largest absolute Gasteiger partial charge is 0.313 e. The molecule has 2 heteroatoms. The third-order valence-electron chi connectivity index (χ3n) is 3.17. The number of thioether (sulfide) groups is 1. The van der Waals surface area contributed by atoms with Crippen LogP contribution in [0.1, 0.15) is 39.0 Å². The highest BCUT2D eigenvalue weighted by molar-refractivity contribution is 8.00. The lowest BCUT2D eigenvalue weighted by Gasteiger charge is -2.31. The maximum atomic E-state index is 3.68. The lowest BCUT2D eigenvalue weighted by Crippen LogP contribution is -2.42. The van der Waals surface area contributed by atoms with Crippen LogP contribution in [0, 0.1) is 0 Å². The molecule has 1 unspecified atom stereocenters. The number of rotatable bonds is 3. The Morgan fingerprint density at radius 3 is 2.75 bits per heavy atom. The second-order valence-electron chi connectivity index (χ2n) is 4.41. The van der Waals surface area contributed by atoms with Crippen molar-refractivity contribution in [3.05, 3.63) is 0 Å². The Balaban J connectivity index is 1.70. The van der Waals surface area contributed by atoms with Crippen LogP contribution in [0.15, 0.2) is 0 Å². The predicted octanol–water partition coefficient (Wildman–Crippen LogP) is 2.41. The van der Waals surface area contributed by atoms with Crippen LogP contribution in [0.2, 0.25) is 0 Å². The third-order valence-corrected chi connectivity index (χ3v) is 4.71. The first-order chi connectivity index (χ1) is 5.79. The van der Waals surface area contributed by atoms with Crippen LogP contribution < -0.4 is 5.32 Å². The summed E-state index contributed by atoms with van der Waals surface area (Å²) in [5, 5.41) is 3.68. The monoisotopic (exact) mass is 185 g/mol. The fourth-order valence-corrected chi connectivity index (χ4v) is 3.20. The molecule has 1 aliphatic carbocycles. The van der Waals surface area contributed by atoms with Gasteiger partial charge in [-0.05, 0) is 38.4 Å². The highest BCUT2D eigenvalue weighted by Crippen LogP contribution is 2.37. The van der Waals surface area contributed by atoms with E-state index in [0.29, 0.717) is 4.75 Å². The van der Waals surface area contributed by atoms with Crippen molar-refractivity contribution >= 4 is 11.8 Å². The minimum atomic E-state index is 0.565. The number of hydrogen-bond acceptors (Lipinski definition) is 2. The average molecular weight is 185 g/mol. The SMILES string of the molecule is CC1(CNC2CCC2)CCCS1. The van der Waals surface area contributed by atoms with Crippen molar-refractivity contribution < 1.29 is 0 Å². The molecule has 2 rings (SSSR count). The van der Waals surface area contributed by atoms with Gasteiger partial charge in [0.1, 0.15) is 0 Å². The van der Waals surface area contributed by atoms with E-state index in [1.165, 1.54) is 44.4 Å². The maximum Gasteiger partial charge on any atom is 0.0256 e. The summed E-state index contributed by atoms with van der Waals surface area (Å²) in [6.45, 7) is 3.65. The molecule has 0 amide bonds. The van der Waals surface area contributed by atoms with Gasteiger partial charge < -0.3 is 5.32 Å². The van der Waals surface area contributed by atoms with Crippen LogP contribution in [0.4, 0.5) is 0 Å². The van der Waals surface area contributed by atoms with Crippen molar-refractivity contribution in [2.45, 2.75) is 49.8 Å². The van der Waals surface area contributed by atoms with Gasteiger partial charge in [0, 0.05) is 17.3 Å². The first-order valence-electron chi connectivity index (χ1n) is 5.16. The van der Waals surface area contributed by atoms with Crippen molar-refractivity contribution in [3.8, 4) is 0 Å². The van der Waals surface area contributed by atoms with E-state index in [9.17, 15) is 0 Å². The number of nitrogens with one attached hydrogen (secondary N) is 1. The molecule has 1 saturated carbocycles. The van der Waals surface area contributed by atoms with E-state index in [4.69, 9.17) is 0 Å². The molecule has 1 atom stereocenters. The zero-order valence-corrected chi connectivity index (χ0v) is 8.75. The first kappa shape index (κ1) is 8.89. The molecular formula is C10H19NS. The standard InChI is InChI=1S/C10H19NS/c1-10(6-3-7-12-10)8-11-9-4-2-5-9/h9,11H,2-8H2,1H3. The Labute approximate surface area is 79.7 Å².